The van der Waals surface area contributed by atoms with Crippen molar-refractivity contribution in [2.24, 2.45) is 0 Å². The minimum Gasteiger partial charge on any atom is -0.392 e. The van der Waals surface area contributed by atoms with E-state index in [1.54, 1.807) is 42.8 Å². The number of aromatic nitrogens is 5. The summed E-state index contributed by atoms with van der Waals surface area (Å²) in [6.07, 6.45) is 2.84. The SMILES string of the molecule is C=CCn1c(=O)c2cnc(Nc3ccc(N4CCN(C[C@H](C)O)CC4)cc3)nc2n1-c1cccc(C(C)(C)O)n1. The predicted molar refractivity (Wildman–Crippen MR) is 156 cm³/mol. The molecule has 4 heterocycles. The Labute approximate surface area is 233 Å². The first kappa shape index (κ1) is 27.5. The molecule has 1 aromatic carbocycles. The number of pyridine rings is 1. The third-order valence-corrected chi connectivity index (χ3v) is 6.94. The van der Waals surface area contributed by atoms with Crippen molar-refractivity contribution in [3.8, 4) is 5.82 Å². The molecular formula is C29H36N8O3. The molecule has 1 atom stereocenters. The van der Waals surface area contributed by atoms with Gasteiger partial charge in [-0.05, 0) is 57.2 Å². The highest BCUT2D eigenvalue weighted by Gasteiger charge is 2.22. The van der Waals surface area contributed by atoms with Crippen molar-refractivity contribution in [3.63, 3.8) is 0 Å². The molecule has 1 aliphatic rings. The van der Waals surface area contributed by atoms with E-state index in [1.807, 2.05) is 19.1 Å². The minimum absolute atomic E-state index is 0.251. The van der Waals surface area contributed by atoms with Crippen LogP contribution in [0.2, 0.25) is 0 Å². The number of anilines is 3. The molecule has 210 valence electrons. The number of hydrogen-bond donors (Lipinski definition) is 3. The smallest absolute Gasteiger partial charge is 0.278 e. The highest BCUT2D eigenvalue weighted by molar-refractivity contribution is 5.77. The number of rotatable bonds is 9. The topological polar surface area (TPSA) is 125 Å². The monoisotopic (exact) mass is 544 g/mol. The molecule has 0 spiro atoms. The number of allylic oxidation sites excluding steroid dienone is 1. The maximum atomic E-state index is 13.2. The van der Waals surface area contributed by atoms with E-state index in [4.69, 9.17) is 4.98 Å². The van der Waals surface area contributed by atoms with Gasteiger partial charge in [0.05, 0.1) is 18.3 Å². The standard InChI is InChI=1S/C29H36N8O3/c1-5-13-36-27(39)23-18-30-28(33-26(23)37(36)25-8-6-7-24(32-25)29(3,4)40)31-21-9-11-22(12-10-21)35-16-14-34(15-17-35)19-20(2)38/h5-12,18,20,38,40H,1,13-17,19H2,2-4H3,(H,30,31,33)/t20-/m0/s1. The Kier molecular flexibility index (Phi) is 7.70. The van der Waals surface area contributed by atoms with Crippen molar-refractivity contribution in [1.82, 2.24) is 29.2 Å². The molecule has 0 saturated carbocycles. The van der Waals surface area contributed by atoms with Crippen LogP contribution in [0.4, 0.5) is 17.3 Å². The number of aliphatic hydroxyl groups is 2. The summed E-state index contributed by atoms with van der Waals surface area (Å²) in [6, 6.07) is 13.4. The Bertz CT molecular complexity index is 1540. The average molecular weight is 545 g/mol. The number of fused-ring (bicyclic) bond motifs is 1. The molecule has 0 bridgehead atoms. The number of hydrogen-bond acceptors (Lipinski definition) is 9. The molecular weight excluding hydrogens is 508 g/mol. The van der Waals surface area contributed by atoms with Gasteiger partial charge in [-0.3, -0.25) is 9.69 Å². The van der Waals surface area contributed by atoms with Crippen molar-refractivity contribution < 1.29 is 10.2 Å². The molecule has 0 unspecified atom stereocenters. The summed E-state index contributed by atoms with van der Waals surface area (Å²) in [5, 5.41) is 23.7. The van der Waals surface area contributed by atoms with E-state index in [1.165, 1.54) is 10.9 Å². The molecule has 0 aliphatic carbocycles. The molecule has 11 nitrogen and oxygen atoms in total. The van der Waals surface area contributed by atoms with Gasteiger partial charge in [0.15, 0.2) is 11.5 Å². The van der Waals surface area contributed by atoms with Crippen molar-refractivity contribution in [2.45, 2.75) is 39.0 Å². The van der Waals surface area contributed by atoms with Gasteiger partial charge in [0.1, 0.15) is 11.0 Å². The molecule has 1 saturated heterocycles. The van der Waals surface area contributed by atoms with Gasteiger partial charge >= 0.3 is 0 Å². The quantitative estimate of drug-likeness (QED) is 0.273. The highest BCUT2D eigenvalue weighted by Crippen LogP contribution is 2.24. The van der Waals surface area contributed by atoms with Crippen LogP contribution in [-0.2, 0) is 12.1 Å². The lowest BCUT2D eigenvalue weighted by Gasteiger charge is -2.36. The summed E-state index contributed by atoms with van der Waals surface area (Å²) in [5.41, 5.74) is 1.42. The first-order valence-electron chi connectivity index (χ1n) is 13.5. The van der Waals surface area contributed by atoms with Gasteiger partial charge in [0.2, 0.25) is 5.95 Å². The maximum absolute atomic E-state index is 13.2. The fourth-order valence-electron chi connectivity index (χ4n) is 4.94. The van der Waals surface area contributed by atoms with Crippen LogP contribution in [0.3, 0.4) is 0 Å². The summed E-state index contributed by atoms with van der Waals surface area (Å²) in [6.45, 7) is 13.5. The predicted octanol–water partition coefficient (Wildman–Crippen LogP) is 2.64. The van der Waals surface area contributed by atoms with Gasteiger partial charge in [-0.1, -0.05) is 12.1 Å². The van der Waals surface area contributed by atoms with E-state index in [2.05, 4.69) is 43.8 Å². The number of nitrogens with one attached hydrogen (secondary N) is 1. The summed E-state index contributed by atoms with van der Waals surface area (Å²) in [7, 11) is 0. The number of piperazine rings is 1. The van der Waals surface area contributed by atoms with E-state index >= 15 is 0 Å². The fraction of sp³-hybridized carbons (Fsp3) is 0.379. The van der Waals surface area contributed by atoms with Gasteiger partial charge in [0.25, 0.3) is 5.56 Å². The molecule has 11 heteroatoms. The number of β-amino-alcohol motifs (C(OH)–C–C–N with tert-alkyl or cyclic N) is 1. The van der Waals surface area contributed by atoms with Crippen LogP contribution in [0.25, 0.3) is 16.9 Å². The Balaban J connectivity index is 1.41. The van der Waals surface area contributed by atoms with Crippen LogP contribution in [0.5, 0.6) is 0 Å². The Morgan fingerprint density at radius 1 is 1.10 bits per heavy atom. The lowest BCUT2D eigenvalue weighted by Crippen LogP contribution is -2.48. The van der Waals surface area contributed by atoms with Crippen LogP contribution in [-0.4, -0.2) is 78.3 Å². The molecule has 1 fully saturated rings. The van der Waals surface area contributed by atoms with E-state index in [0.29, 0.717) is 35.0 Å². The molecule has 40 heavy (non-hydrogen) atoms. The van der Waals surface area contributed by atoms with Crippen LogP contribution >= 0.6 is 0 Å². The second-order valence-electron chi connectivity index (χ2n) is 10.7. The van der Waals surface area contributed by atoms with E-state index < -0.39 is 5.60 Å². The highest BCUT2D eigenvalue weighted by atomic mass is 16.3. The fourth-order valence-corrected chi connectivity index (χ4v) is 4.94. The molecule has 5 rings (SSSR count). The second-order valence-corrected chi connectivity index (χ2v) is 10.7. The van der Waals surface area contributed by atoms with E-state index in [0.717, 1.165) is 37.6 Å². The molecule has 3 aromatic heterocycles. The van der Waals surface area contributed by atoms with Crippen LogP contribution < -0.4 is 15.8 Å². The first-order valence-corrected chi connectivity index (χ1v) is 13.5. The number of benzene rings is 1. The number of nitrogens with zero attached hydrogens (tertiary/aromatic N) is 7. The second kappa shape index (κ2) is 11.2. The average Bonchev–Trinajstić information content (AvgIpc) is 3.19. The van der Waals surface area contributed by atoms with Crippen molar-refractivity contribution in [2.75, 3.05) is 42.9 Å². The lowest BCUT2D eigenvalue weighted by molar-refractivity contribution is 0.0738. The van der Waals surface area contributed by atoms with Gasteiger partial charge < -0.3 is 20.4 Å². The molecule has 1 aliphatic heterocycles. The van der Waals surface area contributed by atoms with Crippen molar-refractivity contribution in [1.29, 1.82) is 0 Å². The molecule has 4 aromatic rings. The summed E-state index contributed by atoms with van der Waals surface area (Å²) in [4.78, 5) is 31.6. The van der Waals surface area contributed by atoms with E-state index in [-0.39, 0.29) is 18.2 Å². The summed E-state index contributed by atoms with van der Waals surface area (Å²) < 4.78 is 3.14. The van der Waals surface area contributed by atoms with Crippen LogP contribution in [0.1, 0.15) is 26.5 Å². The van der Waals surface area contributed by atoms with Crippen LogP contribution in [0, 0.1) is 0 Å². The van der Waals surface area contributed by atoms with Gasteiger partial charge in [-0.2, -0.15) is 4.98 Å². The Morgan fingerprint density at radius 3 is 2.48 bits per heavy atom. The maximum Gasteiger partial charge on any atom is 0.278 e. The zero-order valence-corrected chi connectivity index (χ0v) is 23.2. The normalized spacial score (nSPS) is 15.4. The largest absolute Gasteiger partial charge is 0.392 e. The van der Waals surface area contributed by atoms with Gasteiger partial charge in [-0.25, -0.2) is 19.3 Å². The van der Waals surface area contributed by atoms with Gasteiger partial charge in [-0.15, -0.1) is 6.58 Å². The minimum atomic E-state index is -1.15. The zero-order valence-electron chi connectivity index (χ0n) is 23.2. The molecule has 3 N–H and O–H groups in total. The van der Waals surface area contributed by atoms with Crippen molar-refractivity contribution in [3.05, 3.63) is 77.4 Å². The van der Waals surface area contributed by atoms with E-state index in [9.17, 15) is 15.0 Å². The third kappa shape index (κ3) is 5.76. The Hall–Kier alpha value is -4.06. The number of aliphatic hydroxyl groups excluding tert-OH is 1. The van der Waals surface area contributed by atoms with Gasteiger partial charge in [0, 0.05) is 50.3 Å². The molecule has 0 radical (unpaired) electrons. The summed E-state index contributed by atoms with van der Waals surface area (Å²) in [5.74, 6) is 0.797. The first-order chi connectivity index (χ1) is 19.1. The third-order valence-electron chi connectivity index (χ3n) is 6.94. The van der Waals surface area contributed by atoms with Crippen molar-refractivity contribution >= 4 is 28.4 Å². The zero-order chi connectivity index (χ0) is 28.4. The lowest BCUT2D eigenvalue weighted by atomic mass is 10.1. The Morgan fingerprint density at radius 2 is 1.82 bits per heavy atom. The van der Waals surface area contributed by atoms with Crippen LogP contribution in [0.15, 0.2) is 66.1 Å². The molecule has 0 amide bonds. The summed E-state index contributed by atoms with van der Waals surface area (Å²) >= 11 is 0.